The molecule has 1 aromatic heterocycles. The van der Waals surface area contributed by atoms with Gasteiger partial charge in [0.05, 0.1) is 23.6 Å². The number of aliphatic carboxylic acids is 1. The Kier molecular flexibility index (Phi) is 5.11. The summed E-state index contributed by atoms with van der Waals surface area (Å²) in [5, 5.41) is 12.4. The monoisotopic (exact) mass is 356 g/mol. The first-order chi connectivity index (χ1) is 12.4. The number of carboxylic acids is 1. The summed E-state index contributed by atoms with van der Waals surface area (Å²) in [6.45, 7) is 3.61. The Labute approximate surface area is 152 Å². The van der Waals surface area contributed by atoms with E-state index in [4.69, 9.17) is 4.42 Å². The molecule has 1 fully saturated rings. The van der Waals surface area contributed by atoms with Crippen molar-refractivity contribution >= 4 is 11.9 Å². The molecule has 1 aliphatic carbocycles. The van der Waals surface area contributed by atoms with Crippen molar-refractivity contribution < 1.29 is 19.1 Å². The molecule has 0 bridgehead atoms. The third-order valence-corrected chi connectivity index (χ3v) is 5.17. The van der Waals surface area contributed by atoms with Crippen LogP contribution in [0.1, 0.15) is 44.1 Å². The van der Waals surface area contributed by atoms with E-state index in [0.29, 0.717) is 30.2 Å². The van der Waals surface area contributed by atoms with Gasteiger partial charge in [0, 0.05) is 5.56 Å². The zero-order valence-electron chi connectivity index (χ0n) is 15.1. The summed E-state index contributed by atoms with van der Waals surface area (Å²) < 4.78 is 5.69. The summed E-state index contributed by atoms with van der Waals surface area (Å²) in [4.78, 5) is 28.6. The molecule has 1 amide bonds. The van der Waals surface area contributed by atoms with Crippen molar-refractivity contribution in [3.63, 3.8) is 0 Å². The molecule has 0 spiro atoms. The molecule has 1 heterocycles. The van der Waals surface area contributed by atoms with Gasteiger partial charge in [-0.3, -0.25) is 9.59 Å². The van der Waals surface area contributed by atoms with Gasteiger partial charge in [0.2, 0.25) is 11.8 Å². The van der Waals surface area contributed by atoms with Crippen LogP contribution in [0.2, 0.25) is 0 Å². The molecule has 2 atom stereocenters. The fourth-order valence-electron chi connectivity index (χ4n) is 3.69. The lowest BCUT2D eigenvalue weighted by molar-refractivity contribution is -0.146. The van der Waals surface area contributed by atoms with E-state index in [9.17, 15) is 14.7 Å². The number of carbonyl (C=O) groups excluding carboxylic acids is 1. The number of aryl methyl sites for hydroxylation is 1. The van der Waals surface area contributed by atoms with Gasteiger partial charge in [0.25, 0.3) is 0 Å². The van der Waals surface area contributed by atoms with Crippen LogP contribution in [-0.4, -0.2) is 27.5 Å². The molecule has 2 aromatic rings. The summed E-state index contributed by atoms with van der Waals surface area (Å²) in [7, 11) is 0. The molecule has 0 aliphatic heterocycles. The minimum atomic E-state index is -0.850. The first kappa shape index (κ1) is 18.2. The molecule has 1 aromatic carbocycles. The normalized spacial score (nSPS) is 22.8. The molecular weight excluding hydrogens is 332 g/mol. The second-order valence-corrected chi connectivity index (χ2v) is 7.17. The molecule has 26 heavy (non-hydrogen) atoms. The van der Waals surface area contributed by atoms with Crippen LogP contribution in [0.5, 0.6) is 0 Å². The second kappa shape index (κ2) is 7.32. The average molecular weight is 356 g/mol. The molecule has 2 N–H and O–H groups in total. The molecular formula is C20H24N2O4. The van der Waals surface area contributed by atoms with Gasteiger partial charge < -0.3 is 14.8 Å². The SMILES string of the molecule is Cc1oc(-c2ccccc2)nc1CC(=O)NC1(C)CCCCC1C(=O)O. The minimum Gasteiger partial charge on any atom is -0.481 e. The van der Waals surface area contributed by atoms with Crippen molar-refractivity contribution in [1.82, 2.24) is 10.3 Å². The summed E-state index contributed by atoms with van der Waals surface area (Å²) >= 11 is 0. The zero-order valence-corrected chi connectivity index (χ0v) is 15.1. The van der Waals surface area contributed by atoms with Crippen LogP contribution >= 0.6 is 0 Å². The van der Waals surface area contributed by atoms with E-state index in [2.05, 4.69) is 10.3 Å². The summed E-state index contributed by atoms with van der Waals surface area (Å²) in [6, 6.07) is 9.51. The quantitative estimate of drug-likeness (QED) is 0.857. The maximum Gasteiger partial charge on any atom is 0.308 e. The summed E-state index contributed by atoms with van der Waals surface area (Å²) in [6.07, 6.45) is 3.13. The number of hydrogen-bond acceptors (Lipinski definition) is 4. The van der Waals surface area contributed by atoms with E-state index in [1.807, 2.05) is 37.3 Å². The number of nitrogens with one attached hydrogen (secondary N) is 1. The number of oxazole rings is 1. The van der Waals surface area contributed by atoms with E-state index in [0.717, 1.165) is 18.4 Å². The van der Waals surface area contributed by atoms with Gasteiger partial charge in [-0.1, -0.05) is 31.0 Å². The Morgan fingerprint density at radius 1 is 1.31 bits per heavy atom. The predicted octanol–water partition coefficient (Wildman–Crippen LogP) is 3.34. The molecule has 6 nitrogen and oxygen atoms in total. The van der Waals surface area contributed by atoms with Crippen LogP contribution in [0.25, 0.3) is 11.5 Å². The van der Waals surface area contributed by atoms with Crippen LogP contribution in [0.3, 0.4) is 0 Å². The van der Waals surface area contributed by atoms with Gasteiger partial charge >= 0.3 is 5.97 Å². The van der Waals surface area contributed by atoms with Crippen molar-refractivity contribution in [1.29, 1.82) is 0 Å². The molecule has 138 valence electrons. The van der Waals surface area contributed by atoms with E-state index < -0.39 is 17.4 Å². The van der Waals surface area contributed by atoms with Gasteiger partial charge in [0.1, 0.15) is 5.76 Å². The largest absolute Gasteiger partial charge is 0.481 e. The van der Waals surface area contributed by atoms with Crippen molar-refractivity contribution in [2.24, 2.45) is 5.92 Å². The number of carboxylic acid groups (broad SMARTS) is 1. The van der Waals surface area contributed by atoms with Crippen molar-refractivity contribution in [3.8, 4) is 11.5 Å². The van der Waals surface area contributed by atoms with E-state index in [1.165, 1.54) is 0 Å². The number of carbonyl (C=O) groups is 2. The van der Waals surface area contributed by atoms with Crippen LogP contribution in [0, 0.1) is 12.8 Å². The molecule has 3 rings (SSSR count). The second-order valence-electron chi connectivity index (χ2n) is 7.17. The highest BCUT2D eigenvalue weighted by molar-refractivity contribution is 5.81. The standard InChI is InChI=1S/C20H24N2O4/c1-13-16(21-18(26-13)14-8-4-3-5-9-14)12-17(23)22-20(2)11-7-6-10-15(20)19(24)25/h3-5,8-9,15H,6-7,10-12H2,1-2H3,(H,22,23)(H,24,25). The van der Waals surface area contributed by atoms with Crippen molar-refractivity contribution in [2.75, 3.05) is 0 Å². The Bertz CT molecular complexity index is 799. The van der Waals surface area contributed by atoms with Crippen LogP contribution in [0.4, 0.5) is 0 Å². The zero-order chi connectivity index (χ0) is 18.7. The molecule has 6 heteroatoms. The lowest BCUT2D eigenvalue weighted by atomic mass is 9.74. The van der Waals surface area contributed by atoms with E-state index in [-0.39, 0.29) is 12.3 Å². The molecule has 2 unspecified atom stereocenters. The highest BCUT2D eigenvalue weighted by atomic mass is 16.4. The Hall–Kier alpha value is -2.63. The van der Waals surface area contributed by atoms with Gasteiger partial charge in [-0.25, -0.2) is 4.98 Å². The van der Waals surface area contributed by atoms with Crippen LogP contribution in [-0.2, 0) is 16.0 Å². The van der Waals surface area contributed by atoms with Gasteiger partial charge in [-0.15, -0.1) is 0 Å². The number of benzene rings is 1. The summed E-state index contributed by atoms with van der Waals surface area (Å²) in [5.74, 6) is -0.549. The number of hydrogen-bond donors (Lipinski definition) is 2. The Morgan fingerprint density at radius 2 is 2.04 bits per heavy atom. The van der Waals surface area contributed by atoms with Gasteiger partial charge in [-0.2, -0.15) is 0 Å². The van der Waals surface area contributed by atoms with Gasteiger partial charge in [-0.05, 0) is 38.8 Å². The third kappa shape index (κ3) is 3.79. The number of nitrogens with zero attached hydrogens (tertiary/aromatic N) is 1. The molecule has 1 aliphatic rings. The third-order valence-electron chi connectivity index (χ3n) is 5.17. The molecule has 0 radical (unpaired) electrons. The highest BCUT2D eigenvalue weighted by Gasteiger charge is 2.42. The lowest BCUT2D eigenvalue weighted by Crippen LogP contribution is -2.55. The van der Waals surface area contributed by atoms with Crippen molar-refractivity contribution in [2.45, 2.75) is 51.5 Å². The van der Waals surface area contributed by atoms with Crippen LogP contribution < -0.4 is 5.32 Å². The smallest absolute Gasteiger partial charge is 0.308 e. The first-order valence-electron chi connectivity index (χ1n) is 8.94. The minimum absolute atomic E-state index is 0.0735. The van der Waals surface area contributed by atoms with Crippen LogP contribution in [0.15, 0.2) is 34.7 Å². The van der Waals surface area contributed by atoms with Gasteiger partial charge in [0.15, 0.2) is 0 Å². The first-order valence-corrected chi connectivity index (χ1v) is 8.94. The molecule has 0 saturated heterocycles. The Morgan fingerprint density at radius 3 is 2.73 bits per heavy atom. The van der Waals surface area contributed by atoms with Crippen molar-refractivity contribution in [3.05, 3.63) is 41.8 Å². The number of aromatic nitrogens is 1. The maximum absolute atomic E-state index is 12.6. The number of amides is 1. The van der Waals surface area contributed by atoms with E-state index >= 15 is 0 Å². The average Bonchev–Trinajstić information content (AvgIpc) is 2.96. The predicted molar refractivity (Wildman–Crippen MR) is 96.5 cm³/mol. The fraction of sp³-hybridized carbons (Fsp3) is 0.450. The lowest BCUT2D eigenvalue weighted by Gasteiger charge is -2.39. The van der Waals surface area contributed by atoms with E-state index in [1.54, 1.807) is 6.92 Å². The highest BCUT2D eigenvalue weighted by Crippen LogP contribution is 2.34. The Balaban J connectivity index is 1.72. The number of rotatable bonds is 5. The molecule has 1 saturated carbocycles. The topological polar surface area (TPSA) is 92.4 Å². The maximum atomic E-state index is 12.6. The summed E-state index contributed by atoms with van der Waals surface area (Å²) in [5.41, 5.74) is 0.709. The fourth-order valence-corrected chi connectivity index (χ4v) is 3.69.